The van der Waals surface area contributed by atoms with E-state index in [4.69, 9.17) is 0 Å². The second-order valence-corrected chi connectivity index (χ2v) is 3.76. The van der Waals surface area contributed by atoms with E-state index in [2.05, 4.69) is 10.3 Å². The van der Waals surface area contributed by atoms with E-state index in [1.54, 1.807) is 0 Å². The van der Waals surface area contributed by atoms with Gasteiger partial charge in [0, 0.05) is 31.7 Å². The second-order valence-electron chi connectivity index (χ2n) is 3.76. The number of nitrogens with one attached hydrogen (secondary N) is 1. The average molecular weight is 213 g/mol. The maximum Gasteiger partial charge on any atom is 0.168 e. The van der Waals surface area contributed by atoms with Crippen molar-refractivity contribution in [3.05, 3.63) is 23.9 Å². The van der Waals surface area contributed by atoms with E-state index in [-0.39, 0.29) is 5.82 Å². The van der Waals surface area contributed by atoms with Crippen molar-refractivity contribution >= 4 is 5.82 Å². The molecule has 15 heavy (non-hydrogen) atoms. The molecule has 1 aromatic heterocycles. The number of hydrogen-bond donors (Lipinski definition) is 1. The van der Waals surface area contributed by atoms with Crippen molar-refractivity contribution in [3.63, 3.8) is 0 Å². The van der Waals surface area contributed by atoms with Crippen molar-refractivity contribution in [2.45, 2.75) is 13.0 Å². The Balaban J connectivity index is 2.21. The smallest absolute Gasteiger partial charge is 0.168 e. The summed E-state index contributed by atoms with van der Waals surface area (Å²) < 4.78 is 26.1. The third kappa shape index (κ3) is 2.23. The Morgan fingerprint density at radius 3 is 3.00 bits per heavy atom. The third-order valence-electron chi connectivity index (χ3n) is 2.46. The van der Waals surface area contributed by atoms with Crippen LogP contribution in [0.2, 0.25) is 0 Å². The minimum absolute atomic E-state index is 0.241. The highest BCUT2D eigenvalue weighted by molar-refractivity contribution is 5.40. The summed E-state index contributed by atoms with van der Waals surface area (Å²) in [4.78, 5) is 5.61. The Kier molecular flexibility index (Phi) is 2.81. The zero-order chi connectivity index (χ0) is 10.8. The fraction of sp³-hybridized carbons (Fsp3) is 0.500. The fourth-order valence-electron chi connectivity index (χ4n) is 1.76. The monoisotopic (exact) mass is 213 g/mol. The van der Waals surface area contributed by atoms with Crippen LogP contribution in [-0.4, -0.2) is 30.7 Å². The lowest BCUT2D eigenvalue weighted by atomic mass is 10.2. The Morgan fingerprint density at radius 2 is 2.33 bits per heavy atom. The van der Waals surface area contributed by atoms with Gasteiger partial charge < -0.3 is 10.2 Å². The molecule has 0 amide bonds. The predicted octanol–water partition coefficient (Wildman–Crippen LogP) is 1.16. The molecule has 1 aromatic rings. The van der Waals surface area contributed by atoms with E-state index in [0.717, 1.165) is 18.8 Å². The molecule has 5 heteroatoms. The van der Waals surface area contributed by atoms with Crippen LogP contribution in [-0.2, 0) is 0 Å². The van der Waals surface area contributed by atoms with Crippen LogP contribution in [0.3, 0.4) is 0 Å². The molecule has 1 aliphatic heterocycles. The number of piperazine rings is 1. The summed E-state index contributed by atoms with van der Waals surface area (Å²) in [6.07, 6.45) is 1.05. The van der Waals surface area contributed by atoms with Crippen molar-refractivity contribution < 1.29 is 8.78 Å². The topological polar surface area (TPSA) is 28.2 Å². The molecule has 0 aromatic carbocycles. The fourth-order valence-corrected chi connectivity index (χ4v) is 1.76. The first-order valence-corrected chi connectivity index (χ1v) is 4.96. The largest absolute Gasteiger partial charge is 0.351 e. The molecule has 1 N–H and O–H groups in total. The summed E-state index contributed by atoms with van der Waals surface area (Å²) in [6, 6.07) is 1.17. The number of rotatable bonds is 1. The van der Waals surface area contributed by atoms with E-state index < -0.39 is 11.6 Å². The highest BCUT2D eigenvalue weighted by Crippen LogP contribution is 2.17. The lowest BCUT2D eigenvalue weighted by Gasteiger charge is -2.32. The molecule has 3 nitrogen and oxygen atoms in total. The Labute approximate surface area is 87.1 Å². The van der Waals surface area contributed by atoms with Gasteiger partial charge in [0.1, 0.15) is 5.82 Å². The van der Waals surface area contributed by atoms with Gasteiger partial charge in [0.2, 0.25) is 0 Å². The van der Waals surface area contributed by atoms with Gasteiger partial charge in [-0.15, -0.1) is 0 Å². The van der Waals surface area contributed by atoms with Gasteiger partial charge in [0.15, 0.2) is 11.6 Å². The van der Waals surface area contributed by atoms with E-state index >= 15 is 0 Å². The molecule has 0 radical (unpaired) electrons. The molecule has 1 atom stereocenters. The van der Waals surface area contributed by atoms with Gasteiger partial charge in [-0.3, -0.25) is 0 Å². The van der Waals surface area contributed by atoms with Crippen LogP contribution >= 0.6 is 0 Å². The van der Waals surface area contributed by atoms with Crippen molar-refractivity contribution in [1.29, 1.82) is 0 Å². The van der Waals surface area contributed by atoms with Gasteiger partial charge in [0.05, 0.1) is 6.20 Å². The third-order valence-corrected chi connectivity index (χ3v) is 2.46. The molecule has 2 rings (SSSR count). The first-order valence-electron chi connectivity index (χ1n) is 4.96. The van der Waals surface area contributed by atoms with Crippen molar-refractivity contribution in [3.8, 4) is 0 Å². The molecular weight excluding hydrogens is 200 g/mol. The molecule has 0 bridgehead atoms. The highest BCUT2D eigenvalue weighted by Gasteiger charge is 2.19. The van der Waals surface area contributed by atoms with E-state index in [9.17, 15) is 8.78 Å². The first kappa shape index (κ1) is 10.3. The molecule has 0 saturated carbocycles. The number of halogens is 2. The van der Waals surface area contributed by atoms with Crippen LogP contribution in [0.25, 0.3) is 0 Å². The standard InChI is InChI=1S/C10H13F2N3/c1-7-6-15(3-2-13-7)10-9(12)4-8(11)5-14-10/h4-5,7,13H,2-3,6H2,1H3. The first-order chi connectivity index (χ1) is 7.16. The minimum Gasteiger partial charge on any atom is -0.351 e. The maximum absolute atomic E-state index is 13.4. The van der Waals surface area contributed by atoms with Crippen LogP contribution in [0.5, 0.6) is 0 Å². The lowest BCUT2D eigenvalue weighted by Crippen LogP contribution is -2.49. The van der Waals surface area contributed by atoms with Gasteiger partial charge in [-0.25, -0.2) is 13.8 Å². The van der Waals surface area contributed by atoms with Crippen LogP contribution in [0.4, 0.5) is 14.6 Å². The quantitative estimate of drug-likeness (QED) is 0.758. The minimum atomic E-state index is -0.639. The summed E-state index contributed by atoms with van der Waals surface area (Å²) >= 11 is 0. The summed E-state index contributed by atoms with van der Waals surface area (Å²) in [5.41, 5.74) is 0. The highest BCUT2D eigenvalue weighted by atomic mass is 19.1. The van der Waals surface area contributed by atoms with E-state index in [0.29, 0.717) is 19.1 Å². The average Bonchev–Trinajstić information content (AvgIpc) is 2.17. The molecule has 1 unspecified atom stereocenters. The predicted molar refractivity (Wildman–Crippen MR) is 53.8 cm³/mol. The summed E-state index contributed by atoms with van der Waals surface area (Å²) in [5.74, 6) is -0.992. The van der Waals surface area contributed by atoms with Crippen molar-refractivity contribution in [2.75, 3.05) is 24.5 Å². The number of aromatic nitrogens is 1. The zero-order valence-electron chi connectivity index (χ0n) is 8.50. The number of nitrogens with zero attached hydrogens (tertiary/aromatic N) is 2. The summed E-state index contributed by atoms with van der Waals surface area (Å²) in [6.45, 7) is 4.20. The van der Waals surface area contributed by atoms with Crippen LogP contribution in [0, 0.1) is 11.6 Å². The molecule has 0 aliphatic carbocycles. The van der Waals surface area contributed by atoms with Gasteiger partial charge in [0.25, 0.3) is 0 Å². The number of anilines is 1. The summed E-state index contributed by atoms with van der Waals surface area (Å²) in [5, 5.41) is 3.25. The SMILES string of the molecule is CC1CN(c2ncc(F)cc2F)CCN1. The van der Waals surface area contributed by atoms with Gasteiger partial charge >= 0.3 is 0 Å². The van der Waals surface area contributed by atoms with Gasteiger partial charge in [-0.05, 0) is 6.92 Å². The second kappa shape index (κ2) is 4.10. The maximum atomic E-state index is 13.4. The van der Waals surface area contributed by atoms with Crippen LogP contribution in [0.15, 0.2) is 12.3 Å². The molecule has 1 aliphatic rings. The van der Waals surface area contributed by atoms with Gasteiger partial charge in [-0.2, -0.15) is 0 Å². The van der Waals surface area contributed by atoms with Crippen molar-refractivity contribution in [1.82, 2.24) is 10.3 Å². The number of hydrogen-bond acceptors (Lipinski definition) is 3. The normalized spacial score (nSPS) is 21.8. The Morgan fingerprint density at radius 1 is 1.53 bits per heavy atom. The van der Waals surface area contributed by atoms with Crippen LogP contribution < -0.4 is 10.2 Å². The van der Waals surface area contributed by atoms with Crippen LogP contribution in [0.1, 0.15) is 6.92 Å². The molecular formula is C10H13F2N3. The Hall–Kier alpha value is -1.23. The van der Waals surface area contributed by atoms with Crippen molar-refractivity contribution in [2.24, 2.45) is 0 Å². The molecule has 0 spiro atoms. The molecule has 1 saturated heterocycles. The van der Waals surface area contributed by atoms with E-state index in [1.807, 2.05) is 11.8 Å². The zero-order valence-corrected chi connectivity index (χ0v) is 8.50. The number of pyridine rings is 1. The molecule has 82 valence electrons. The lowest BCUT2D eigenvalue weighted by molar-refractivity contribution is 0.473. The molecule has 1 fully saturated rings. The summed E-state index contributed by atoms with van der Waals surface area (Å²) in [7, 11) is 0. The molecule has 2 heterocycles. The van der Waals surface area contributed by atoms with E-state index in [1.165, 1.54) is 0 Å². The Bertz CT molecular complexity index is 357. The van der Waals surface area contributed by atoms with Gasteiger partial charge in [-0.1, -0.05) is 0 Å².